The number of hydrogen-bond donors (Lipinski definition) is 2. The van der Waals surface area contributed by atoms with Crippen LogP contribution in [0.4, 0.5) is 4.79 Å². The number of thioether (sulfide) groups is 1. The molecule has 0 saturated heterocycles. The highest BCUT2D eigenvalue weighted by Crippen LogP contribution is 2.26. The first-order valence-electron chi connectivity index (χ1n) is 6.84. The SMILES string of the molecule is CCNC(=O)NC(=O)C(C)Sc1nnc(-c2ccc(Cl)cc2)o1. The topological polar surface area (TPSA) is 97.1 Å². The van der Waals surface area contributed by atoms with Crippen LogP contribution in [0.25, 0.3) is 11.5 Å². The number of benzene rings is 1. The average Bonchev–Trinajstić information content (AvgIpc) is 2.96. The van der Waals surface area contributed by atoms with Gasteiger partial charge in [0.25, 0.3) is 5.22 Å². The Labute approximate surface area is 142 Å². The molecule has 7 nitrogen and oxygen atoms in total. The number of amides is 3. The lowest BCUT2D eigenvalue weighted by atomic mass is 10.2. The van der Waals surface area contributed by atoms with Gasteiger partial charge in [0.05, 0.1) is 5.25 Å². The minimum Gasteiger partial charge on any atom is -0.411 e. The minimum atomic E-state index is -0.559. The molecule has 2 rings (SSSR count). The van der Waals surface area contributed by atoms with Gasteiger partial charge < -0.3 is 9.73 Å². The maximum atomic E-state index is 11.8. The number of nitrogens with zero attached hydrogens (tertiary/aromatic N) is 2. The van der Waals surface area contributed by atoms with Crippen molar-refractivity contribution in [1.29, 1.82) is 0 Å². The molecular formula is C14H15ClN4O3S. The fourth-order valence-corrected chi connectivity index (χ4v) is 2.40. The van der Waals surface area contributed by atoms with Gasteiger partial charge in [0, 0.05) is 17.1 Å². The molecule has 9 heteroatoms. The van der Waals surface area contributed by atoms with E-state index in [1.807, 2.05) is 0 Å². The van der Waals surface area contributed by atoms with Gasteiger partial charge in [-0.25, -0.2) is 4.79 Å². The molecule has 3 amide bonds. The molecule has 0 aliphatic rings. The van der Waals surface area contributed by atoms with Crippen molar-refractivity contribution in [2.45, 2.75) is 24.3 Å². The summed E-state index contributed by atoms with van der Waals surface area (Å²) in [4.78, 5) is 23.2. The number of imide groups is 1. The third-order valence-electron chi connectivity index (χ3n) is 2.72. The molecule has 0 radical (unpaired) electrons. The predicted molar refractivity (Wildman–Crippen MR) is 87.3 cm³/mol. The number of aromatic nitrogens is 2. The van der Waals surface area contributed by atoms with E-state index in [2.05, 4.69) is 20.8 Å². The van der Waals surface area contributed by atoms with Crippen molar-refractivity contribution in [2.24, 2.45) is 0 Å². The summed E-state index contributed by atoms with van der Waals surface area (Å²) < 4.78 is 5.50. The van der Waals surface area contributed by atoms with Crippen molar-refractivity contribution in [3.05, 3.63) is 29.3 Å². The lowest BCUT2D eigenvalue weighted by molar-refractivity contribution is -0.119. The third-order valence-corrected chi connectivity index (χ3v) is 3.90. The first kappa shape index (κ1) is 17.3. The van der Waals surface area contributed by atoms with Crippen LogP contribution in [0.1, 0.15) is 13.8 Å². The Balaban J connectivity index is 1.97. The number of hydrogen-bond acceptors (Lipinski definition) is 6. The van der Waals surface area contributed by atoms with Crippen LogP contribution in [0, 0.1) is 0 Å². The first-order valence-corrected chi connectivity index (χ1v) is 8.10. The number of nitrogens with one attached hydrogen (secondary N) is 2. The van der Waals surface area contributed by atoms with Crippen LogP contribution in [0.2, 0.25) is 5.02 Å². The molecule has 0 aliphatic carbocycles. The second-order valence-electron chi connectivity index (χ2n) is 4.49. The predicted octanol–water partition coefficient (Wildman–Crippen LogP) is 2.72. The van der Waals surface area contributed by atoms with Crippen LogP contribution >= 0.6 is 23.4 Å². The molecule has 1 aromatic heterocycles. The summed E-state index contributed by atoms with van der Waals surface area (Å²) in [5, 5.41) is 12.8. The van der Waals surface area contributed by atoms with Crippen LogP contribution in [0.5, 0.6) is 0 Å². The van der Waals surface area contributed by atoms with Crippen LogP contribution in [0.3, 0.4) is 0 Å². The van der Waals surface area contributed by atoms with E-state index >= 15 is 0 Å². The zero-order valence-electron chi connectivity index (χ0n) is 12.5. The lowest BCUT2D eigenvalue weighted by Crippen LogP contribution is -2.42. The van der Waals surface area contributed by atoms with Gasteiger partial charge in [-0.05, 0) is 38.1 Å². The summed E-state index contributed by atoms with van der Waals surface area (Å²) in [7, 11) is 0. The van der Waals surface area contributed by atoms with Crippen molar-refractivity contribution < 1.29 is 14.0 Å². The fourth-order valence-electron chi connectivity index (χ4n) is 1.59. The summed E-state index contributed by atoms with van der Waals surface area (Å²) in [5.74, 6) is -0.104. The summed E-state index contributed by atoms with van der Waals surface area (Å²) in [6.45, 7) is 3.85. The highest BCUT2D eigenvalue weighted by molar-refractivity contribution is 8.00. The zero-order valence-corrected chi connectivity index (χ0v) is 14.1. The van der Waals surface area contributed by atoms with Crippen molar-refractivity contribution in [3.8, 4) is 11.5 Å². The number of rotatable bonds is 5. The Hall–Kier alpha value is -2.06. The van der Waals surface area contributed by atoms with Gasteiger partial charge in [0.1, 0.15) is 0 Å². The van der Waals surface area contributed by atoms with E-state index in [1.54, 1.807) is 38.1 Å². The summed E-state index contributed by atoms with van der Waals surface area (Å²) in [5.41, 5.74) is 0.730. The molecule has 1 aromatic carbocycles. The normalized spacial score (nSPS) is 11.8. The molecule has 23 heavy (non-hydrogen) atoms. The Morgan fingerprint density at radius 1 is 1.30 bits per heavy atom. The van der Waals surface area contributed by atoms with Crippen LogP contribution in [0.15, 0.2) is 33.9 Å². The number of urea groups is 1. The monoisotopic (exact) mass is 354 g/mol. The molecular weight excluding hydrogens is 340 g/mol. The van der Waals surface area contributed by atoms with Gasteiger partial charge in [-0.3, -0.25) is 10.1 Å². The van der Waals surface area contributed by atoms with Gasteiger partial charge in [-0.15, -0.1) is 10.2 Å². The van der Waals surface area contributed by atoms with Crippen molar-refractivity contribution in [1.82, 2.24) is 20.8 Å². The number of halogens is 1. The van der Waals surface area contributed by atoms with Gasteiger partial charge >= 0.3 is 6.03 Å². The van der Waals surface area contributed by atoms with Crippen molar-refractivity contribution >= 4 is 35.3 Å². The Bertz CT molecular complexity index is 690. The van der Waals surface area contributed by atoms with E-state index in [4.69, 9.17) is 16.0 Å². The van der Waals surface area contributed by atoms with Crippen LogP contribution in [-0.2, 0) is 4.79 Å². The van der Waals surface area contributed by atoms with E-state index in [9.17, 15) is 9.59 Å². The molecule has 0 bridgehead atoms. The fraction of sp³-hybridized carbons (Fsp3) is 0.286. The van der Waals surface area contributed by atoms with Gasteiger partial charge in [-0.2, -0.15) is 0 Å². The Kier molecular flexibility index (Phi) is 6.00. The van der Waals surface area contributed by atoms with Crippen molar-refractivity contribution in [2.75, 3.05) is 6.54 Å². The van der Waals surface area contributed by atoms with E-state index in [-0.39, 0.29) is 5.22 Å². The summed E-state index contributed by atoms with van der Waals surface area (Å²) in [6, 6.07) is 6.43. The van der Waals surface area contributed by atoms with Gasteiger partial charge in [0.2, 0.25) is 11.8 Å². The molecule has 0 aliphatic heterocycles. The second-order valence-corrected chi connectivity index (χ2v) is 6.22. The van der Waals surface area contributed by atoms with Crippen LogP contribution in [-0.4, -0.2) is 33.9 Å². The number of carbonyl (C=O) groups excluding carboxylic acids is 2. The minimum absolute atomic E-state index is 0.244. The molecule has 0 saturated carbocycles. The molecule has 1 atom stereocenters. The van der Waals surface area contributed by atoms with Gasteiger partial charge in [0.15, 0.2) is 0 Å². The highest BCUT2D eigenvalue weighted by Gasteiger charge is 2.20. The molecule has 2 aromatic rings. The molecule has 1 unspecified atom stereocenters. The third kappa shape index (κ3) is 4.97. The maximum absolute atomic E-state index is 11.8. The van der Waals surface area contributed by atoms with Gasteiger partial charge in [-0.1, -0.05) is 23.4 Å². The molecule has 122 valence electrons. The van der Waals surface area contributed by atoms with E-state index < -0.39 is 17.2 Å². The Morgan fingerprint density at radius 3 is 2.65 bits per heavy atom. The molecule has 0 spiro atoms. The lowest BCUT2D eigenvalue weighted by Gasteiger charge is -2.08. The standard InChI is InChI=1S/C14H15ClN4O3S/c1-3-16-13(21)17-11(20)8(2)23-14-19-18-12(22-14)9-4-6-10(15)7-5-9/h4-8H,3H2,1-2H3,(H2,16,17,20,21). The highest BCUT2D eigenvalue weighted by atomic mass is 35.5. The second kappa shape index (κ2) is 7.98. The van der Waals surface area contributed by atoms with Crippen LogP contribution < -0.4 is 10.6 Å². The quantitative estimate of drug-likeness (QED) is 0.801. The number of carbonyl (C=O) groups is 2. The smallest absolute Gasteiger partial charge is 0.321 e. The molecule has 0 fully saturated rings. The maximum Gasteiger partial charge on any atom is 0.321 e. The average molecular weight is 355 g/mol. The zero-order chi connectivity index (χ0) is 16.8. The summed E-state index contributed by atoms with van der Waals surface area (Å²) >= 11 is 6.90. The Morgan fingerprint density at radius 2 is 2.00 bits per heavy atom. The molecule has 2 N–H and O–H groups in total. The largest absolute Gasteiger partial charge is 0.411 e. The first-order chi connectivity index (χ1) is 11.0. The van der Waals surface area contributed by atoms with E-state index in [1.165, 1.54) is 0 Å². The van der Waals surface area contributed by atoms with E-state index in [0.717, 1.165) is 17.3 Å². The molecule has 1 heterocycles. The summed E-state index contributed by atoms with van der Waals surface area (Å²) in [6.07, 6.45) is 0. The van der Waals surface area contributed by atoms with E-state index in [0.29, 0.717) is 17.5 Å². The van der Waals surface area contributed by atoms with Crippen molar-refractivity contribution in [3.63, 3.8) is 0 Å².